The van der Waals surface area contributed by atoms with Gasteiger partial charge in [0, 0.05) is 33.2 Å². The number of amides is 1. The number of aliphatic carboxylic acids is 1. The molecule has 6 heteroatoms. The van der Waals surface area contributed by atoms with Gasteiger partial charge in [-0.3, -0.25) is 4.79 Å². The Kier molecular flexibility index (Phi) is 4.70. The number of carbonyl (C=O) groups is 2. The normalized spacial score (nSPS) is 21.9. The van der Waals surface area contributed by atoms with E-state index in [1.807, 2.05) is 6.92 Å². The van der Waals surface area contributed by atoms with E-state index in [4.69, 9.17) is 9.47 Å². The van der Waals surface area contributed by atoms with Crippen LogP contribution in [0.5, 0.6) is 0 Å². The first-order valence-corrected chi connectivity index (χ1v) is 6.09. The van der Waals surface area contributed by atoms with Gasteiger partial charge in [-0.05, 0) is 13.3 Å². The Hall–Kier alpha value is -1.14. The minimum atomic E-state index is -1.23. The first-order valence-electron chi connectivity index (χ1n) is 6.09. The van der Waals surface area contributed by atoms with Gasteiger partial charge in [-0.15, -0.1) is 0 Å². The van der Waals surface area contributed by atoms with E-state index in [0.717, 1.165) is 0 Å². The van der Waals surface area contributed by atoms with Gasteiger partial charge in [0.2, 0.25) is 0 Å². The highest BCUT2D eigenvalue weighted by Crippen LogP contribution is 2.24. The summed E-state index contributed by atoms with van der Waals surface area (Å²) in [6.07, 6.45) is 1.02. The van der Waals surface area contributed by atoms with Crippen molar-refractivity contribution in [3.8, 4) is 0 Å². The molecule has 6 nitrogen and oxygen atoms in total. The van der Waals surface area contributed by atoms with Crippen LogP contribution < -0.4 is 5.32 Å². The van der Waals surface area contributed by atoms with Crippen LogP contribution in [0.3, 0.4) is 0 Å². The van der Waals surface area contributed by atoms with Crippen molar-refractivity contribution in [1.82, 2.24) is 5.32 Å². The second-order valence-electron chi connectivity index (χ2n) is 4.74. The molecule has 0 aromatic heterocycles. The lowest BCUT2D eigenvalue weighted by atomic mass is 9.88. The largest absolute Gasteiger partial charge is 0.480 e. The number of rotatable bonds is 5. The van der Waals surface area contributed by atoms with Crippen LogP contribution in [0.25, 0.3) is 0 Å². The summed E-state index contributed by atoms with van der Waals surface area (Å²) >= 11 is 0. The Morgan fingerprint density at radius 2 is 2.00 bits per heavy atom. The van der Waals surface area contributed by atoms with Crippen molar-refractivity contribution in [2.45, 2.75) is 44.2 Å². The van der Waals surface area contributed by atoms with Gasteiger partial charge in [0.05, 0.1) is 0 Å². The zero-order valence-electron chi connectivity index (χ0n) is 11.1. The molecule has 0 spiro atoms. The molecule has 1 rings (SSSR count). The Morgan fingerprint density at radius 1 is 1.44 bits per heavy atom. The van der Waals surface area contributed by atoms with Crippen LogP contribution in [0.15, 0.2) is 0 Å². The maximum Gasteiger partial charge on any atom is 0.329 e. The third-order valence-electron chi connectivity index (χ3n) is 3.71. The van der Waals surface area contributed by atoms with E-state index in [-0.39, 0.29) is 12.8 Å². The van der Waals surface area contributed by atoms with E-state index in [2.05, 4.69) is 5.32 Å². The topological polar surface area (TPSA) is 84.9 Å². The van der Waals surface area contributed by atoms with Crippen LogP contribution >= 0.6 is 0 Å². The predicted molar refractivity (Wildman–Crippen MR) is 64.3 cm³/mol. The van der Waals surface area contributed by atoms with Gasteiger partial charge in [-0.2, -0.15) is 0 Å². The molecule has 0 aromatic carbocycles. The minimum absolute atomic E-state index is 0.275. The van der Waals surface area contributed by atoms with Gasteiger partial charge >= 0.3 is 5.97 Å². The number of carbonyl (C=O) groups excluding carboxylic acids is 1. The molecule has 0 radical (unpaired) electrons. The number of hydrogen-bond acceptors (Lipinski definition) is 4. The van der Waals surface area contributed by atoms with Crippen molar-refractivity contribution in [3.63, 3.8) is 0 Å². The Labute approximate surface area is 107 Å². The summed E-state index contributed by atoms with van der Waals surface area (Å²) in [5.41, 5.74) is -2.23. The highest BCUT2D eigenvalue weighted by molar-refractivity contribution is 5.91. The zero-order chi connectivity index (χ0) is 13.8. The van der Waals surface area contributed by atoms with Crippen molar-refractivity contribution >= 4 is 11.9 Å². The monoisotopic (exact) mass is 259 g/mol. The van der Waals surface area contributed by atoms with Crippen molar-refractivity contribution in [1.29, 1.82) is 0 Å². The summed E-state index contributed by atoms with van der Waals surface area (Å²) in [5.74, 6) is -1.41. The SMILES string of the molecule is CCC(C)(OC)C(=O)NC1(C(=O)O)CCOCC1. The second-order valence-corrected chi connectivity index (χ2v) is 4.74. The van der Waals surface area contributed by atoms with E-state index in [0.29, 0.717) is 19.6 Å². The quantitative estimate of drug-likeness (QED) is 0.753. The molecule has 1 heterocycles. The first kappa shape index (κ1) is 14.9. The maximum atomic E-state index is 12.2. The Bertz CT molecular complexity index is 318. The van der Waals surface area contributed by atoms with Gasteiger partial charge < -0.3 is 19.9 Å². The van der Waals surface area contributed by atoms with Crippen LogP contribution in [0, 0.1) is 0 Å². The summed E-state index contributed by atoms with van der Waals surface area (Å²) in [7, 11) is 1.44. The molecule has 1 aliphatic rings. The third-order valence-corrected chi connectivity index (χ3v) is 3.71. The van der Waals surface area contributed by atoms with E-state index < -0.39 is 23.0 Å². The molecular formula is C12H21NO5. The molecular weight excluding hydrogens is 238 g/mol. The van der Waals surface area contributed by atoms with E-state index >= 15 is 0 Å². The number of carboxylic acids is 1. The first-order chi connectivity index (χ1) is 8.40. The molecule has 18 heavy (non-hydrogen) atoms. The number of carboxylic acid groups (broad SMARTS) is 1. The van der Waals surface area contributed by atoms with Gasteiger partial charge in [-0.25, -0.2) is 4.79 Å². The summed E-state index contributed by atoms with van der Waals surface area (Å²) in [6, 6.07) is 0. The molecule has 0 aliphatic carbocycles. The summed E-state index contributed by atoms with van der Waals surface area (Å²) in [4.78, 5) is 23.6. The molecule has 1 aliphatic heterocycles. The molecule has 1 unspecified atom stereocenters. The van der Waals surface area contributed by atoms with E-state index in [1.165, 1.54) is 7.11 Å². The highest BCUT2D eigenvalue weighted by atomic mass is 16.5. The predicted octanol–water partition coefficient (Wildman–Crippen LogP) is 0.551. The summed E-state index contributed by atoms with van der Waals surface area (Å²) in [6.45, 7) is 4.14. The number of hydrogen-bond donors (Lipinski definition) is 2. The van der Waals surface area contributed by atoms with Gasteiger partial charge in [-0.1, -0.05) is 6.92 Å². The van der Waals surface area contributed by atoms with Gasteiger partial charge in [0.15, 0.2) is 0 Å². The second kappa shape index (κ2) is 5.67. The Balaban J connectivity index is 2.84. The van der Waals surface area contributed by atoms with Crippen LogP contribution in [-0.4, -0.2) is 48.4 Å². The molecule has 0 aromatic rings. The molecule has 1 fully saturated rings. The summed E-state index contributed by atoms with van der Waals surface area (Å²) < 4.78 is 10.3. The molecule has 104 valence electrons. The van der Waals surface area contributed by atoms with Crippen LogP contribution in [0.1, 0.15) is 33.1 Å². The average Bonchev–Trinajstić information content (AvgIpc) is 2.38. The number of methoxy groups -OCH3 is 1. The zero-order valence-corrected chi connectivity index (χ0v) is 11.1. The number of ether oxygens (including phenoxy) is 2. The van der Waals surface area contributed by atoms with Crippen molar-refractivity contribution in [3.05, 3.63) is 0 Å². The lowest BCUT2D eigenvalue weighted by molar-refractivity contribution is -0.157. The third kappa shape index (κ3) is 2.81. The lowest BCUT2D eigenvalue weighted by Crippen LogP contribution is -2.61. The molecule has 0 bridgehead atoms. The molecule has 2 N–H and O–H groups in total. The van der Waals surface area contributed by atoms with Crippen LogP contribution in [-0.2, 0) is 19.1 Å². The minimum Gasteiger partial charge on any atom is -0.480 e. The van der Waals surface area contributed by atoms with Crippen molar-refractivity contribution < 1.29 is 24.2 Å². The summed E-state index contributed by atoms with van der Waals surface area (Å²) in [5, 5.41) is 12.0. The fourth-order valence-corrected chi connectivity index (χ4v) is 1.86. The molecule has 0 saturated carbocycles. The molecule has 1 saturated heterocycles. The highest BCUT2D eigenvalue weighted by Gasteiger charge is 2.45. The lowest BCUT2D eigenvalue weighted by Gasteiger charge is -2.37. The standard InChI is InChI=1S/C12H21NO5/c1-4-11(2,17-3)9(14)13-12(10(15)16)5-7-18-8-6-12/h4-8H2,1-3H3,(H,13,14)(H,15,16). The van der Waals surface area contributed by atoms with E-state index in [9.17, 15) is 14.7 Å². The van der Waals surface area contributed by atoms with Crippen LogP contribution in [0.2, 0.25) is 0 Å². The smallest absolute Gasteiger partial charge is 0.329 e. The average molecular weight is 259 g/mol. The molecule has 1 atom stereocenters. The van der Waals surface area contributed by atoms with Gasteiger partial charge in [0.25, 0.3) is 5.91 Å². The fourth-order valence-electron chi connectivity index (χ4n) is 1.86. The van der Waals surface area contributed by atoms with E-state index in [1.54, 1.807) is 6.92 Å². The van der Waals surface area contributed by atoms with Crippen molar-refractivity contribution in [2.24, 2.45) is 0 Å². The maximum absolute atomic E-state index is 12.2. The van der Waals surface area contributed by atoms with Crippen molar-refractivity contribution in [2.75, 3.05) is 20.3 Å². The van der Waals surface area contributed by atoms with Crippen LogP contribution in [0.4, 0.5) is 0 Å². The van der Waals surface area contributed by atoms with Gasteiger partial charge in [0.1, 0.15) is 11.1 Å². The fraction of sp³-hybridized carbons (Fsp3) is 0.833. The molecule has 1 amide bonds. The Morgan fingerprint density at radius 3 is 2.39 bits per heavy atom. The number of nitrogens with one attached hydrogen (secondary N) is 1.